The molecule has 0 unspecified atom stereocenters. The molecule has 2 fully saturated rings. The summed E-state index contributed by atoms with van der Waals surface area (Å²) < 4.78 is 31.0. The number of nitrogens with zero attached hydrogens (tertiary/aromatic N) is 2. The number of sulfone groups is 1. The van der Waals surface area contributed by atoms with E-state index < -0.39 is 21.9 Å². The predicted molar refractivity (Wildman–Crippen MR) is 111 cm³/mol. The molecule has 1 saturated heterocycles. The van der Waals surface area contributed by atoms with Gasteiger partial charge < -0.3 is 14.2 Å². The van der Waals surface area contributed by atoms with Gasteiger partial charge in [0.2, 0.25) is 0 Å². The quantitative estimate of drug-likeness (QED) is 0.498. The molecule has 7 nitrogen and oxygen atoms in total. The third kappa shape index (κ3) is 4.91. The molecule has 1 aromatic rings. The van der Waals surface area contributed by atoms with Gasteiger partial charge in [-0.1, -0.05) is 0 Å². The van der Waals surface area contributed by atoms with Gasteiger partial charge in [0.15, 0.2) is 15.9 Å². The maximum atomic E-state index is 12.7. The van der Waals surface area contributed by atoms with Gasteiger partial charge in [0.25, 0.3) is 5.91 Å². The lowest BCUT2D eigenvalue weighted by Crippen LogP contribution is -2.46. The number of likely N-dealkylation sites (N-methyl/N-ethyl adjacent to an activating group) is 1. The molecule has 1 saturated carbocycles. The third-order valence-corrected chi connectivity index (χ3v) is 7.50. The third-order valence-electron chi connectivity index (χ3n) is 5.75. The monoisotopic (exact) mass is 422 g/mol. The van der Waals surface area contributed by atoms with E-state index >= 15 is 0 Å². The van der Waals surface area contributed by atoms with Crippen LogP contribution < -0.4 is 0 Å². The zero-order chi connectivity index (χ0) is 21.3. The highest BCUT2D eigenvalue weighted by Gasteiger charge is 2.36. The first-order valence-electron chi connectivity index (χ1n) is 10.2. The molecule has 0 radical (unpaired) electrons. The minimum Gasteiger partial charge on any atom is -0.449 e. The lowest BCUT2D eigenvalue weighted by atomic mass is 10.2. The number of hydrogen-bond donors (Lipinski definition) is 0. The van der Waals surface area contributed by atoms with E-state index in [0.717, 1.165) is 11.3 Å². The molecule has 1 aromatic heterocycles. The minimum atomic E-state index is -3.09. The van der Waals surface area contributed by atoms with Gasteiger partial charge >= 0.3 is 5.97 Å². The van der Waals surface area contributed by atoms with Crippen LogP contribution in [-0.2, 0) is 24.2 Å². The second kappa shape index (κ2) is 8.34. The van der Waals surface area contributed by atoms with E-state index in [1.807, 2.05) is 13.0 Å². The van der Waals surface area contributed by atoms with Crippen LogP contribution in [0.4, 0.5) is 0 Å². The smallest absolute Gasteiger partial charge is 0.331 e. The zero-order valence-corrected chi connectivity index (χ0v) is 18.4. The van der Waals surface area contributed by atoms with Crippen molar-refractivity contribution in [2.75, 3.05) is 18.1 Å². The van der Waals surface area contributed by atoms with Gasteiger partial charge in [0.05, 0.1) is 11.5 Å². The van der Waals surface area contributed by atoms with Crippen LogP contribution in [0.1, 0.15) is 56.1 Å². The van der Waals surface area contributed by atoms with Crippen LogP contribution in [0, 0.1) is 13.8 Å². The van der Waals surface area contributed by atoms with E-state index in [0.29, 0.717) is 19.0 Å². The molecular weight excluding hydrogens is 392 g/mol. The number of aryl methyl sites for hydroxylation is 1. The molecule has 8 heteroatoms. The first kappa shape index (κ1) is 21.6. The maximum Gasteiger partial charge on any atom is 0.331 e. The Morgan fingerprint density at radius 3 is 2.55 bits per heavy atom. The SMILES string of the molecule is CCN(C(=O)[C@@H](C)OC(=O)/C=C/c1cc(C)n(C2CC2)c1C)[C@@H]1CCS(=O)(=O)C1. The van der Waals surface area contributed by atoms with Crippen LogP contribution in [0.5, 0.6) is 0 Å². The number of aromatic nitrogens is 1. The highest BCUT2D eigenvalue weighted by atomic mass is 32.2. The van der Waals surface area contributed by atoms with Crippen LogP contribution in [0.15, 0.2) is 12.1 Å². The van der Waals surface area contributed by atoms with E-state index in [9.17, 15) is 18.0 Å². The van der Waals surface area contributed by atoms with Crippen molar-refractivity contribution < 1.29 is 22.7 Å². The molecule has 1 amide bonds. The fourth-order valence-corrected chi connectivity index (χ4v) is 5.87. The zero-order valence-electron chi connectivity index (χ0n) is 17.6. The number of ether oxygens (including phenoxy) is 1. The van der Waals surface area contributed by atoms with Crippen molar-refractivity contribution in [3.05, 3.63) is 29.1 Å². The second-order valence-electron chi connectivity index (χ2n) is 8.02. The summed E-state index contributed by atoms with van der Waals surface area (Å²) in [4.78, 5) is 26.4. The molecule has 2 atom stereocenters. The Kier molecular flexibility index (Phi) is 6.22. The average Bonchev–Trinajstić information content (AvgIpc) is 3.35. The molecule has 0 spiro atoms. The lowest BCUT2D eigenvalue weighted by Gasteiger charge is -2.29. The van der Waals surface area contributed by atoms with Crippen molar-refractivity contribution in [2.45, 2.75) is 65.1 Å². The number of rotatable bonds is 7. The van der Waals surface area contributed by atoms with Gasteiger partial charge in [0.1, 0.15) is 0 Å². The number of esters is 1. The molecule has 2 heterocycles. The number of amides is 1. The molecule has 2 aliphatic rings. The molecule has 1 aliphatic carbocycles. The summed E-state index contributed by atoms with van der Waals surface area (Å²) in [6, 6.07) is 2.27. The van der Waals surface area contributed by atoms with Crippen LogP contribution in [0.25, 0.3) is 6.08 Å². The van der Waals surface area contributed by atoms with Gasteiger partial charge in [0, 0.05) is 36.1 Å². The maximum absolute atomic E-state index is 12.7. The van der Waals surface area contributed by atoms with E-state index in [4.69, 9.17) is 4.74 Å². The van der Waals surface area contributed by atoms with E-state index in [2.05, 4.69) is 11.5 Å². The van der Waals surface area contributed by atoms with Crippen LogP contribution in [0.2, 0.25) is 0 Å². The van der Waals surface area contributed by atoms with Gasteiger partial charge in [-0.25, -0.2) is 13.2 Å². The van der Waals surface area contributed by atoms with Gasteiger partial charge in [-0.2, -0.15) is 0 Å². The molecule has 1 aliphatic heterocycles. The molecule has 160 valence electrons. The Bertz CT molecular complexity index is 927. The average molecular weight is 423 g/mol. The largest absolute Gasteiger partial charge is 0.449 e. The number of carbonyl (C=O) groups excluding carboxylic acids is 2. The Balaban J connectivity index is 1.60. The Morgan fingerprint density at radius 2 is 2.00 bits per heavy atom. The Morgan fingerprint density at radius 1 is 1.31 bits per heavy atom. The van der Waals surface area contributed by atoms with Crippen molar-refractivity contribution in [3.8, 4) is 0 Å². The van der Waals surface area contributed by atoms with Crippen molar-refractivity contribution in [1.29, 1.82) is 0 Å². The molecular formula is C21H30N2O5S. The highest BCUT2D eigenvalue weighted by molar-refractivity contribution is 7.91. The van der Waals surface area contributed by atoms with E-state index in [1.54, 1.807) is 13.0 Å². The summed E-state index contributed by atoms with van der Waals surface area (Å²) in [6.45, 7) is 7.80. The van der Waals surface area contributed by atoms with E-state index in [1.165, 1.54) is 36.4 Å². The number of hydrogen-bond acceptors (Lipinski definition) is 5. The summed E-state index contributed by atoms with van der Waals surface area (Å²) in [5, 5.41) is 0. The summed E-state index contributed by atoms with van der Waals surface area (Å²) in [5.74, 6) is -0.873. The molecule has 0 aromatic carbocycles. The van der Waals surface area contributed by atoms with Gasteiger partial charge in [-0.3, -0.25) is 4.79 Å². The summed E-state index contributed by atoms with van der Waals surface area (Å²) >= 11 is 0. The fourth-order valence-electron chi connectivity index (χ4n) is 4.14. The van der Waals surface area contributed by atoms with Crippen LogP contribution >= 0.6 is 0 Å². The Hall–Kier alpha value is -2.09. The topological polar surface area (TPSA) is 85.7 Å². The lowest BCUT2D eigenvalue weighted by molar-refractivity contribution is -0.156. The normalized spacial score (nSPS) is 22.0. The second-order valence-corrected chi connectivity index (χ2v) is 10.2. The fraction of sp³-hybridized carbons (Fsp3) is 0.619. The van der Waals surface area contributed by atoms with Crippen LogP contribution in [-0.4, -0.2) is 60.0 Å². The standard InChI is InChI=1S/C21H30N2O5S/c1-5-22(19-10-11-29(26,27)13-19)21(25)16(4)28-20(24)9-6-17-12-14(2)23(15(17)3)18-7-8-18/h6,9,12,16,18-19H,5,7-8,10-11,13H2,1-4H3/b9-6+/t16-,19-/m1/s1. The number of carbonyl (C=O) groups is 2. The van der Waals surface area contributed by atoms with Crippen molar-refractivity contribution in [3.63, 3.8) is 0 Å². The molecule has 3 rings (SSSR count). The van der Waals surface area contributed by atoms with E-state index in [-0.39, 0.29) is 23.5 Å². The van der Waals surface area contributed by atoms with Gasteiger partial charge in [-0.15, -0.1) is 0 Å². The highest BCUT2D eigenvalue weighted by Crippen LogP contribution is 2.38. The summed E-state index contributed by atoms with van der Waals surface area (Å²) in [7, 11) is -3.09. The first-order chi connectivity index (χ1) is 13.6. The summed E-state index contributed by atoms with van der Waals surface area (Å²) in [6.07, 6.45) is 4.92. The molecule has 0 N–H and O–H groups in total. The minimum absolute atomic E-state index is 0.0240. The molecule has 29 heavy (non-hydrogen) atoms. The van der Waals surface area contributed by atoms with Crippen molar-refractivity contribution in [2.24, 2.45) is 0 Å². The van der Waals surface area contributed by atoms with Crippen LogP contribution in [0.3, 0.4) is 0 Å². The van der Waals surface area contributed by atoms with Crippen molar-refractivity contribution >= 4 is 27.8 Å². The first-order valence-corrected chi connectivity index (χ1v) is 12.0. The Labute approximate surface area is 172 Å². The summed E-state index contributed by atoms with van der Waals surface area (Å²) in [5.41, 5.74) is 3.26. The van der Waals surface area contributed by atoms with Crippen molar-refractivity contribution in [1.82, 2.24) is 9.47 Å². The molecule has 0 bridgehead atoms. The predicted octanol–water partition coefficient (Wildman–Crippen LogP) is 2.42. The van der Waals surface area contributed by atoms with Gasteiger partial charge in [-0.05, 0) is 64.7 Å².